The predicted octanol–water partition coefficient (Wildman–Crippen LogP) is -0.821. The van der Waals surface area contributed by atoms with Crippen LogP contribution in [-0.2, 0) is 20.8 Å². The first-order valence-electron chi connectivity index (χ1n) is 4.80. The summed E-state index contributed by atoms with van der Waals surface area (Å²) in [5.74, 6) is 0. The monoisotopic (exact) mass is 291 g/mol. The van der Waals surface area contributed by atoms with E-state index in [4.69, 9.17) is 26.8 Å². The number of aryl methyl sites for hydroxylation is 1. The highest BCUT2D eigenvalue weighted by Gasteiger charge is 2.16. The molecule has 104 valence electrons. The Labute approximate surface area is 110 Å². The Morgan fingerprint density at radius 2 is 1.84 bits per heavy atom. The summed E-state index contributed by atoms with van der Waals surface area (Å²) in [6, 6.07) is 0. The smallest absolute Gasteiger partial charge is 0.332 e. The van der Waals surface area contributed by atoms with Gasteiger partial charge in [-0.1, -0.05) is 0 Å². The third kappa shape index (κ3) is 2.35. The van der Waals surface area contributed by atoms with E-state index >= 15 is 0 Å². The maximum atomic E-state index is 11.8. The topological polar surface area (TPSA) is 132 Å². The average Bonchev–Trinajstić information content (AvgIpc) is 2.71. The van der Waals surface area contributed by atoms with E-state index in [0.717, 1.165) is 9.13 Å². The van der Waals surface area contributed by atoms with Crippen molar-refractivity contribution >= 4 is 22.8 Å². The zero-order chi connectivity index (χ0) is 14.7. The van der Waals surface area contributed by atoms with E-state index in [1.54, 1.807) is 0 Å². The Morgan fingerprint density at radius 1 is 1.32 bits per heavy atom. The summed E-state index contributed by atoms with van der Waals surface area (Å²) < 4.78 is 3.28. The molecule has 2 heterocycles. The van der Waals surface area contributed by atoms with Gasteiger partial charge in [-0.25, -0.2) is 4.79 Å². The highest BCUT2D eigenvalue weighted by molar-refractivity contribution is 6.29. The molecular formula is C8H10ClN5O5. The number of aliphatic hydroxyl groups excluding tert-OH is 1. The Balaban J connectivity index is 0.000000550. The van der Waals surface area contributed by atoms with Crippen LogP contribution in [0, 0.1) is 4.91 Å². The average molecular weight is 292 g/mol. The summed E-state index contributed by atoms with van der Waals surface area (Å²) in [5, 5.41) is 16.9. The first kappa shape index (κ1) is 14.9. The number of nitrogens with zero attached hydrogens (tertiary/aromatic N) is 5. The maximum Gasteiger partial charge on any atom is 0.332 e. The van der Waals surface area contributed by atoms with Gasteiger partial charge in [0.25, 0.3) is 5.56 Å². The van der Waals surface area contributed by atoms with Crippen LogP contribution in [0.2, 0.25) is 5.28 Å². The lowest BCUT2D eigenvalue weighted by Crippen LogP contribution is -2.37. The van der Waals surface area contributed by atoms with Crippen molar-refractivity contribution in [3.05, 3.63) is 31.0 Å². The van der Waals surface area contributed by atoms with Crippen LogP contribution in [0.3, 0.4) is 0 Å². The lowest BCUT2D eigenvalue weighted by Gasteiger charge is -2.03. The lowest BCUT2D eigenvalue weighted by atomic mass is 10.5. The zero-order valence-electron chi connectivity index (χ0n) is 9.94. The van der Waals surface area contributed by atoms with Crippen LogP contribution in [0.1, 0.15) is 0 Å². The minimum Gasteiger partial charge on any atom is -0.379 e. The summed E-state index contributed by atoms with van der Waals surface area (Å²) in [4.78, 5) is 35.4. The van der Waals surface area contributed by atoms with Gasteiger partial charge in [0.05, 0.1) is 0 Å². The zero-order valence-corrected chi connectivity index (χ0v) is 10.7. The number of imidazole rings is 1. The summed E-state index contributed by atoms with van der Waals surface area (Å²) >= 11 is 5.74. The van der Waals surface area contributed by atoms with Gasteiger partial charge in [0, 0.05) is 14.1 Å². The van der Waals surface area contributed by atoms with Gasteiger partial charge in [-0.05, 0) is 11.6 Å². The van der Waals surface area contributed by atoms with Crippen molar-refractivity contribution in [2.45, 2.75) is 6.73 Å². The molecule has 0 aliphatic carbocycles. The molecule has 2 rings (SSSR count). The molecule has 2 aromatic rings. The van der Waals surface area contributed by atoms with Crippen LogP contribution >= 0.6 is 11.6 Å². The summed E-state index contributed by atoms with van der Waals surface area (Å²) in [5.41, 5.74) is -0.757. The Kier molecular flexibility index (Phi) is 4.40. The fourth-order valence-corrected chi connectivity index (χ4v) is 1.77. The molecule has 0 radical (unpaired) electrons. The molecule has 0 bridgehead atoms. The second-order valence-corrected chi connectivity index (χ2v) is 3.75. The fourth-order valence-electron chi connectivity index (χ4n) is 1.55. The number of fused-ring (bicyclic) bond motifs is 1. The molecule has 0 unspecified atom stereocenters. The van der Waals surface area contributed by atoms with Crippen molar-refractivity contribution in [1.29, 1.82) is 0 Å². The van der Waals surface area contributed by atoms with Gasteiger partial charge >= 0.3 is 5.69 Å². The number of hydrogen-bond acceptors (Lipinski definition) is 6. The first-order valence-corrected chi connectivity index (χ1v) is 5.17. The van der Waals surface area contributed by atoms with Crippen molar-refractivity contribution in [1.82, 2.24) is 18.7 Å². The Hall–Kier alpha value is -2.20. The van der Waals surface area contributed by atoms with Gasteiger partial charge in [0.1, 0.15) is 6.73 Å². The van der Waals surface area contributed by atoms with Crippen LogP contribution in [0.25, 0.3) is 11.2 Å². The van der Waals surface area contributed by atoms with Crippen molar-refractivity contribution in [3.8, 4) is 0 Å². The maximum absolute atomic E-state index is 11.8. The molecule has 11 heteroatoms. The molecule has 0 saturated heterocycles. The molecule has 0 saturated carbocycles. The predicted molar refractivity (Wildman–Crippen MR) is 65.0 cm³/mol. The molecule has 2 N–H and O–H groups in total. The minimum atomic E-state index is -0.536. The van der Waals surface area contributed by atoms with E-state index in [2.05, 4.69) is 4.98 Å². The quantitative estimate of drug-likeness (QED) is 0.401. The number of aromatic nitrogens is 4. The molecule has 0 fully saturated rings. The lowest BCUT2D eigenvalue weighted by molar-refractivity contribution is 0.214. The van der Waals surface area contributed by atoms with Crippen LogP contribution in [0.15, 0.2) is 14.9 Å². The molecule has 0 aromatic carbocycles. The first-order chi connectivity index (χ1) is 8.90. The molecule has 2 aromatic heterocycles. The van der Waals surface area contributed by atoms with Gasteiger partial charge in [-0.2, -0.15) is 4.98 Å². The SMILES string of the molecule is Cn1c(=O)c2c(nc(Cl)n2CO)n(C)c1=O.O=NO. The molecule has 10 nitrogen and oxygen atoms in total. The summed E-state index contributed by atoms with van der Waals surface area (Å²) in [6.07, 6.45) is 0. The number of rotatable bonds is 1. The van der Waals surface area contributed by atoms with Crippen molar-refractivity contribution in [2.75, 3.05) is 0 Å². The van der Waals surface area contributed by atoms with E-state index in [-0.39, 0.29) is 16.4 Å². The third-order valence-electron chi connectivity index (χ3n) is 2.44. The Bertz CT molecular complexity index is 730. The van der Waals surface area contributed by atoms with Gasteiger partial charge in [-0.15, -0.1) is 4.91 Å². The van der Waals surface area contributed by atoms with Gasteiger partial charge in [-0.3, -0.25) is 18.5 Å². The summed E-state index contributed by atoms with van der Waals surface area (Å²) in [6.45, 7) is -0.469. The third-order valence-corrected chi connectivity index (χ3v) is 2.73. The van der Waals surface area contributed by atoms with Crippen molar-refractivity contribution in [3.63, 3.8) is 0 Å². The molecule has 0 amide bonds. The molecular weight excluding hydrogens is 282 g/mol. The minimum absolute atomic E-state index is 0.0317. The van der Waals surface area contributed by atoms with E-state index in [9.17, 15) is 9.59 Å². The molecule has 0 spiro atoms. The molecule has 0 aliphatic rings. The van der Waals surface area contributed by atoms with Gasteiger partial charge in [0.15, 0.2) is 16.5 Å². The fraction of sp³-hybridized carbons (Fsp3) is 0.375. The molecule has 0 aliphatic heterocycles. The van der Waals surface area contributed by atoms with E-state index in [0.29, 0.717) is 0 Å². The van der Waals surface area contributed by atoms with Crippen LogP contribution in [-0.4, -0.2) is 29.0 Å². The van der Waals surface area contributed by atoms with Gasteiger partial charge < -0.3 is 10.3 Å². The highest BCUT2D eigenvalue weighted by Crippen LogP contribution is 2.14. The second-order valence-electron chi connectivity index (χ2n) is 3.41. The van der Waals surface area contributed by atoms with Crippen molar-refractivity contribution < 1.29 is 10.3 Å². The van der Waals surface area contributed by atoms with Crippen molar-refractivity contribution in [2.24, 2.45) is 19.4 Å². The van der Waals surface area contributed by atoms with Crippen LogP contribution in [0.4, 0.5) is 0 Å². The van der Waals surface area contributed by atoms with Gasteiger partial charge in [0.2, 0.25) is 5.28 Å². The molecule has 19 heavy (non-hydrogen) atoms. The number of hydrogen-bond donors (Lipinski definition) is 2. The van der Waals surface area contributed by atoms with Crippen LogP contribution in [0.5, 0.6) is 0 Å². The van der Waals surface area contributed by atoms with E-state index in [1.807, 2.05) is 0 Å². The standard InChI is InChI=1S/C8H9ClN4O3.HNO2/c1-11-5-4(6(15)12(2)8(11)16)13(3-14)7(9)10-5;2-1-3/h14H,3H2,1-2H3;(H,2,3). The van der Waals surface area contributed by atoms with E-state index in [1.165, 1.54) is 24.0 Å². The molecule has 0 atom stereocenters. The Morgan fingerprint density at radius 3 is 2.32 bits per heavy atom. The second kappa shape index (κ2) is 5.63. The largest absolute Gasteiger partial charge is 0.379 e. The normalized spacial score (nSPS) is 10.1. The highest BCUT2D eigenvalue weighted by atomic mass is 35.5. The number of aliphatic hydroxyl groups is 1. The summed E-state index contributed by atoms with van der Waals surface area (Å²) in [7, 11) is 2.84. The van der Waals surface area contributed by atoms with E-state index < -0.39 is 18.0 Å². The van der Waals surface area contributed by atoms with Crippen LogP contribution < -0.4 is 11.2 Å². The number of halogens is 1.